The highest BCUT2D eigenvalue weighted by molar-refractivity contribution is 7.71. The van der Waals surface area contributed by atoms with Gasteiger partial charge in [-0.1, -0.05) is 18.2 Å². The van der Waals surface area contributed by atoms with E-state index >= 15 is 0 Å². The molecule has 0 saturated carbocycles. The van der Waals surface area contributed by atoms with Crippen LogP contribution in [0.3, 0.4) is 0 Å². The van der Waals surface area contributed by atoms with Gasteiger partial charge in [-0.3, -0.25) is 13.9 Å². The third-order valence-corrected chi connectivity index (χ3v) is 6.79. The molecule has 1 saturated heterocycles. The van der Waals surface area contributed by atoms with Gasteiger partial charge < -0.3 is 24.8 Å². The van der Waals surface area contributed by atoms with E-state index in [4.69, 9.17) is 36.5 Å². The summed E-state index contributed by atoms with van der Waals surface area (Å²) in [5.41, 5.74) is 5.59. The molecule has 1 fully saturated rings. The van der Waals surface area contributed by atoms with Crippen molar-refractivity contribution in [1.29, 1.82) is 0 Å². The summed E-state index contributed by atoms with van der Waals surface area (Å²) in [7, 11) is -4.24. The van der Waals surface area contributed by atoms with Crippen LogP contribution < -0.4 is 15.3 Å². The molecule has 2 aromatic rings. The molecule has 3 rings (SSSR count). The molecule has 0 radical (unpaired) electrons. The summed E-state index contributed by atoms with van der Waals surface area (Å²) in [5, 5.41) is 12.9. The molecule has 1 aromatic heterocycles. The number of hydrogen-bond donors (Lipinski definition) is 3. The molecule has 0 aliphatic carbocycles. The monoisotopic (exact) mass is 530 g/mol. The maximum atomic E-state index is 14.9. The second-order valence-electron chi connectivity index (χ2n) is 8.08. The fraction of sp³-hybridized carbons (Fsp3) is 0.476. The molecule has 6 atom stereocenters. The number of nitrogens with one attached hydrogen (secondary N) is 1. The fourth-order valence-electron chi connectivity index (χ4n) is 3.20. The molecule has 1 aromatic carbocycles. The van der Waals surface area contributed by atoms with E-state index in [0.717, 1.165) is 0 Å². The molecule has 2 unspecified atom stereocenters. The number of hydrogen-bond acceptors (Lipinski definition) is 10. The second-order valence-corrected chi connectivity index (χ2v) is 10.1. The van der Waals surface area contributed by atoms with E-state index in [-0.39, 0.29) is 16.3 Å². The lowest BCUT2D eigenvalue weighted by Gasteiger charge is -2.24. The lowest BCUT2D eigenvalue weighted by Crippen LogP contribution is -2.37. The van der Waals surface area contributed by atoms with Crippen molar-refractivity contribution >= 4 is 31.8 Å². The fourth-order valence-corrected chi connectivity index (χ4v) is 4.97. The number of esters is 1. The van der Waals surface area contributed by atoms with E-state index in [2.05, 4.69) is 10.1 Å². The van der Waals surface area contributed by atoms with Gasteiger partial charge >= 0.3 is 13.7 Å². The number of halogens is 1. The van der Waals surface area contributed by atoms with Gasteiger partial charge in [0.15, 0.2) is 12.4 Å². The molecule has 0 bridgehead atoms. The minimum absolute atomic E-state index is 0.0138. The van der Waals surface area contributed by atoms with Crippen molar-refractivity contribution in [3.63, 3.8) is 0 Å². The first-order valence-corrected chi connectivity index (χ1v) is 12.7. The predicted octanol–water partition coefficient (Wildman–Crippen LogP) is 2.92. The molecule has 11 nitrogen and oxygen atoms in total. The summed E-state index contributed by atoms with van der Waals surface area (Å²) in [6.45, 7) is 4.19. The zero-order valence-electron chi connectivity index (χ0n) is 19.3. The number of aliphatic hydroxyl groups excluding tert-OH is 1. The number of benzene rings is 1. The highest BCUT2D eigenvalue weighted by Crippen LogP contribution is 2.46. The number of rotatable bonds is 10. The molecule has 4 N–H and O–H groups in total. The first kappa shape index (κ1) is 27.2. The van der Waals surface area contributed by atoms with E-state index in [9.17, 15) is 18.9 Å². The Morgan fingerprint density at radius 1 is 1.34 bits per heavy atom. The average Bonchev–Trinajstić information content (AvgIpc) is 3.06. The number of alkyl halides is 1. The van der Waals surface area contributed by atoms with Gasteiger partial charge in [0.05, 0.1) is 12.7 Å². The zero-order valence-corrected chi connectivity index (χ0v) is 21.0. The smallest absolute Gasteiger partial charge is 0.459 e. The molecule has 192 valence electrons. The van der Waals surface area contributed by atoms with E-state index in [0.29, 0.717) is 0 Å². The Morgan fingerprint density at radius 2 is 2.03 bits per heavy atom. The number of carbonyl (C=O) groups is 1. The molecule has 0 amide bonds. The van der Waals surface area contributed by atoms with Crippen LogP contribution in [0.2, 0.25) is 0 Å². The van der Waals surface area contributed by atoms with Gasteiger partial charge in [-0.25, -0.2) is 13.9 Å². The number of aromatic nitrogens is 2. The summed E-state index contributed by atoms with van der Waals surface area (Å²) in [4.78, 5) is 16.1. The summed E-state index contributed by atoms with van der Waals surface area (Å²) >= 11 is 5.11. The van der Waals surface area contributed by atoms with Crippen molar-refractivity contribution < 1.29 is 37.4 Å². The Hall–Kier alpha value is -2.41. The van der Waals surface area contributed by atoms with Gasteiger partial charge in [0.1, 0.15) is 29.8 Å². The SMILES string of the molecule is CC(C)OC(=O)[C@H](C)NP(=O)(OC[C@H]1O[C@@H](n2ccc(N)nc2=S)[C@@H](O)C1F)Oc1ccccc1. The predicted molar refractivity (Wildman–Crippen MR) is 127 cm³/mol. The topological polar surface area (TPSA) is 147 Å². The summed E-state index contributed by atoms with van der Waals surface area (Å²) in [5.74, 6) is -0.332. The zero-order chi connectivity index (χ0) is 25.8. The Labute approximate surface area is 206 Å². The van der Waals surface area contributed by atoms with Gasteiger partial charge in [-0.05, 0) is 51.2 Å². The van der Waals surface area contributed by atoms with Gasteiger partial charge in [0, 0.05) is 6.20 Å². The first-order chi connectivity index (χ1) is 16.5. The van der Waals surface area contributed by atoms with E-state index in [1.54, 1.807) is 32.0 Å². The van der Waals surface area contributed by atoms with Crippen LogP contribution in [0.25, 0.3) is 0 Å². The number of carbonyl (C=O) groups excluding carboxylic acids is 1. The first-order valence-electron chi connectivity index (χ1n) is 10.8. The van der Waals surface area contributed by atoms with Crippen LogP contribution in [-0.4, -0.2) is 57.8 Å². The van der Waals surface area contributed by atoms with Crippen molar-refractivity contribution in [2.24, 2.45) is 0 Å². The number of nitrogens with zero attached hydrogens (tertiary/aromatic N) is 2. The van der Waals surface area contributed by atoms with Crippen molar-refractivity contribution in [3.8, 4) is 5.75 Å². The van der Waals surface area contributed by atoms with E-state index < -0.39 is 57.1 Å². The van der Waals surface area contributed by atoms with Crippen molar-refractivity contribution in [2.75, 3.05) is 12.3 Å². The molecule has 1 aliphatic rings. The van der Waals surface area contributed by atoms with E-state index in [1.807, 2.05) is 0 Å². The Kier molecular flexibility index (Phi) is 8.97. The maximum absolute atomic E-state index is 14.9. The molecule has 1 aliphatic heterocycles. The Morgan fingerprint density at radius 3 is 2.66 bits per heavy atom. The lowest BCUT2D eigenvalue weighted by molar-refractivity contribution is -0.149. The van der Waals surface area contributed by atoms with Crippen LogP contribution in [0.5, 0.6) is 5.75 Å². The van der Waals surface area contributed by atoms with E-state index in [1.165, 1.54) is 35.9 Å². The molecule has 14 heteroatoms. The van der Waals surface area contributed by atoms with Crippen LogP contribution in [-0.2, 0) is 23.4 Å². The highest BCUT2D eigenvalue weighted by atomic mass is 32.1. The number of ether oxygens (including phenoxy) is 2. The molecule has 35 heavy (non-hydrogen) atoms. The Balaban J connectivity index is 1.75. The number of nitrogen functional groups attached to an aromatic ring is 1. The van der Waals surface area contributed by atoms with Crippen LogP contribution in [0.15, 0.2) is 42.6 Å². The third-order valence-electron chi connectivity index (χ3n) is 4.85. The van der Waals surface area contributed by atoms with Crippen LogP contribution in [0.1, 0.15) is 27.0 Å². The van der Waals surface area contributed by atoms with Crippen molar-refractivity contribution in [2.45, 2.75) is 57.5 Å². The number of aliphatic hydroxyl groups is 1. The third kappa shape index (κ3) is 7.06. The second kappa shape index (κ2) is 11.5. The minimum Gasteiger partial charge on any atom is -0.462 e. The quantitative estimate of drug-likeness (QED) is 0.237. The van der Waals surface area contributed by atoms with Crippen molar-refractivity contribution in [3.05, 3.63) is 47.4 Å². The number of para-hydroxylation sites is 1. The average molecular weight is 531 g/mol. The summed E-state index contributed by atoms with van der Waals surface area (Å²) < 4.78 is 51.4. The van der Waals surface area contributed by atoms with Gasteiger partial charge in [0.2, 0.25) is 4.77 Å². The van der Waals surface area contributed by atoms with Crippen molar-refractivity contribution in [1.82, 2.24) is 14.6 Å². The lowest BCUT2D eigenvalue weighted by atomic mass is 10.1. The summed E-state index contributed by atoms with van der Waals surface area (Å²) in [6, 6.07) is 8.45. The molecular formula is C21H28FN4O7PS. The standard InChI is InChI=1S/C21H28FN4O7PS/c1-12(2)31-20(28)13(3)25-34(29,33-14-7-5-4-6-8-14)30-11-15-17(22)18(27)19(32-15)26-10-9-16(23)24-21(26)35/h4-10,12-13,15,17-19,27H,11H2,1-3H3,(H,25,29)(H2,23,24,35)/t13-,15+,17?,18-,19+,34?/m0/s1. The van der Waals surface area contributed by atoms with Gasteiger partial charge in [-0.2, -0.15) is 5.09 Å². The largest absolute Gasteiger partial charge is 0.462 e. The number of nitrogens with two attached hydrogens (primary N) is 1. The molecular weight excluding hydrogens is 502 g/mol. The van der Waals surface area contributed by atoms with Crippen LogP contribution >= 0.6 is 20.0 Å². The minimum atomic E-state index is -4.24. The number of anilines is 1. The highest BCUT2D eigenvalue weighted by Gasteiger charge is 2.46. The van der Waals surface area contributed by atoms with Gasteiger partial charge in [-0.15, -0.1) is 0 Å². The normalized spacial score (nSPS) is 24.6. The van der Waals surface area contributed by atoms with Crippen LogP contribution in [0, 0.1) is 4.77 Å². The van der Waals surface area contributed by atoms with Gasteiger partial charge in [0.25, 0.3) is 0 Å². The molecule has 2 heterocycles. The maximum Gasteiger partial charge on any atom is 0.459 e. The molecule has 0 spiro atoms. The summed E-state index contributed by atoms with van der Waals surface area (Å²) in [6.07, 6.45) is -5.03. The Bertz CT molecular complexity index is 1120. The van der Waals surface area contributed by atoms with Crippen LogP contribution in [0.4, 0.5) is 10.2 Å².